The molecule has 0 saturated heterocycles. The maximum absolute atomic E-state index is 12.3. The second kappa shape index (κ2) is 8.89. The zero-order valence-electron chi connectivity index (χ0n) is 15.5. The molecule has 140 valence electrons. The Bertz CT molecular complexity index is 874. The van der Waals surface area contributed by atoms with E-state index in [1.165, 1.54) is 0 Å². The van der Waals surface area contributed by atoms with Gasteiger partial charge in [0.15, 0.2) is 11.5 Å². The molecule has 2 aromatic carbocycles. The molecule has 1 heterocycles. The molecule has 0 fully saturated rings. The molecular weight excluding hydrogens is 342 g/mol. The van der Waals surface area contributed by atoms with Gasteiger partial charge in [0.25, 0.3) is 5.91 Å². The van der Waals surface area contributed by atoms with Gasteiger partial charge in [-0.25, -0.2) is 4.98 Å². The Balaban J connectivity index is 1.52. The Kier molecular flexibility index (Phi) is 6.10. The SMILES string of the molecule is COc1ccc(CCNC(=O)c2ccc(Cn3ccnc3)cc2)cc1OC. The summed E-state index contributed by atoms with van der Waals surface area (Å²) in [7, 11) is 3.22. The summed E-state index contributed by atoms with van der Waals surface area (Å²) in [6.07, 6.45) is 6.15. The molecule has 0 atom stereocenters. The van der Waals surface area contributed by atoms with Crippen LogP contribution in [-0.2, 0) is 13.0 Å². The van der Waals surface area contributed by atoms with E-state index < -0.39 is 0 Å². The van der Waals surface area contributed by atoms with E-state index in [9.17, 15) is 4.79 Å². The molecule has 0 aliphatic heterocycles. The van der Waals surface area contributed by atoms with E-state index >= 15 is 0 Å². The zero-order valence-corrected chi connectivity index (χ0v) is 15.5. The number of nitrogens with one attached hydrogen (secondary N) is 1. The first kappa shape index (κ1) is 18.5. The minimum absolute atomic E-state index is 0.0790. The summed E-state index contributed by atoms with van der Waals surface area (Å²) in [5.41, 5.74) is 2.84. The van der Waals surface area contributed by atoms with Crippen LogP contribution in [0.4, 0.5) is 0 Å². The van der Waals surface area contributed by atoms with Crippen LogP contribution < -0.4 is 14.8 Å². The summed E-state index contributed by atoms with van der Waals surface area (Å²) in [6, 6.07) is 13.4. The molecule has 0 aliphatic rings. The van der Waals surface area contributed by atoms with Crippen LogP contribution in [0.2, 0.25) is 0 Å². The average Bonchev–Trinajstić information content (AvgIpc) is 3.21. The normalized spacial score (nSPS) is 10.4. The van der Waals surface area contributed by atoms with Crippen molar-refractivity contribution in [2.24, 2.45) is 0 Å². The fraction of sp³-hybridized carbons (Fsp3) is 0.238. The number of hydrogen-bond acceptors (Lipinski definition) is 4. The molecule has 3 aromatic rings. The summed E-state index contributed by atoms with van der Waals surface area (Å²) >= 11 is 0. The lowest BCUT2D eigenvalue weighted by Crippen LogP contribution is -2.25. The van der Waals surface area contributed by atoms with E-state index in [2.05, 4.69) is 10.3 Å². The first-order valence-electron chi connectivity index (χ1n) is 8.73. The highest BCUT2D eigenvalue weighted by Gasteiger charge is 2.07. The van der Waals surface area contributed by atoms with Crippen molar-refractivity contribution in [3.05, 3.63) is 77.9 Å². The van der Waals surface area contributed by atoms with E-state index in [4.69, 9.17) is 9.47 Å². The standard InChI is InChI=1S/C21H23N3O3/c1-26-19-8-5-16(13-20(19)27-2)9-10-23-21(25)18-6-3-17(4-7-18)14-24-12-11-22-15-24/h3-8,11-13,15H,9-10,14H2,1-2H3,(H,23,25). The highest BCUT2D eigenvalue weighted by Crippen LogP contribution is 2.27. The zero-order chi connectivity index (χ0) is 19.1. The van der Waals surface area contributed by atoms with Gasteiger partial charge in [0.1, 0.15) is 0 Å². The minimum Gasteiger partial charge on any atom is -0.493 e. The molecule has 0 radical (unpaired) electrons. The van der Waals surface area contributed by atoms with E-state index in [0.29, 0.717) is 30.0 Å². The Morgan fingerprint density at radius 1 is 1.04 bits per heavy atom. The van der Waals surface area contributed by atoms with Crippen LogP contribution in [0.3, 0.4) is 0 Å². The van der Waals surface area contributed by atoms with Crippen molar-refractivity contribution in [2.45, 2.75) is 13.0 Å². The summed E-state index contributed by atoms with van der Waals surface area (Å²) in [4.78, 5) is 16.3. The monoisotopic (exact) mass is 365 g/mol. The van der Waals surface area contributed by atoms with Gasteiger partial charge in [-0.05, 0) is 41.8 Å². The van der Waals surface area contributed by atoms with Gasteiger partial charge in [0.05, 0.1) is 20.5 Å². The smallest absolute Gasteiger partial charge is 0.251 e. The molecule has 0 saturated carbocycles. The Morgan fingerprint density at radius 3 is 2.44 bits per heavy atom. The second-order valence-electron chi connectivity index (χ2n) is 6.13. The third-order valence-electron chi connectivity index (χ3n) is 4.29. The summed E-state index contributed by atoms with van der Waals surface area (Å²) in [5, 5.41) is 2.95. The van der Waals surface area contributed by atoms with Gasteiger partial charge in [0, 0.05) is 31.0 Å². The highest BCUT2D eigenvalue weighted by atomic mass is 16.5. The number of imidazole rings is 1. The number of benzene rings is 2. The van der Waals surface area contributed by atoms with Gasteiger partial charge in [-0.1, -0.05) is 18.2 Å². The second-order valence-corrected chi connectivity index (χ2v) is 6.13. The van der Waals surface area contributed by atoms with Crippen molar-refractivity contribution < 1.29 is 14.3 Å². The summed E-state index contributed by atoms with van der Waals surface area (Å²) in [5.74, 6) is 1.31. The molecule has 0 unspecified atom stereocenters. The Morgan fingerprint density at radius 2 is 1.78 bits per heavy atom. The van der Waals surface area contributed by atoms with E-state index in [-0.39, 0.29) is 5.91 Å². The van der Waals surface area contributed by atoms with Crippen molar-refractivity contribution in [3.8, 4) is 11.5 Å². The van der Waals surface area contributed by atoms with Crippen LogP contribution in [0.15, 0.2) is 61.2 Å². The maximum atomic E-state index is 12.3. The van der Waals surface area contributed by atoms with Gasteiger partial charge in [0.2, 0.25) is 0 Å². The van der Waals surface area contributed by atoms with Crippen molar-refractivity contribution in [3.63, 3.8) is 0 Å². The molecule has 0 spiro atoms. The molecular formula is C21H23N3O3. The van der Waals surface area contributed by atoms with Gasteiger partial charge in [-0.2, -0.15) is 0 Å². The van der Waals surface area contributed by atoms with Crippen LogP contribution in [0, 0.1) is 0 Å². The molecule has 6 nitrogen and oxygen atoms in total. The van der Waals surface area contributed by atoms with Crippen molar-refractivity contribution >= 4 is 5.91 Å². The van der Waals surface area contributed by atoms with E-state index in [1.54, 1.807) is 26.7 Å². The lowest BCUT2D eigenvalue weighted by Gasteiger charge is -2.10. The Hall–Kier alpha value is -3.28. The van der Waals surface area contributed by atoms with Crippen LogP contribution in [0.1, 0.15) is 21.5 Å². The first-order valence-corrected chi connectivity index (χ1v) is 8.73. The van der Waals surface area contributed by atoms with E-state index in [0.717, 1.165) is 17.7 Å². The van der Waals surface area contributed by atoms with E-state index in [1.807, 2.05) is 53.2 Å². The number of carbonyl (C=O) groups is 1. The van der Waals surface area contributed by atoms with Crippen LogP contribution in [-0.4, -0.2) is 36.2 Å². The molecule has 0 bridgehead atoms. The quantitative estimate of drug-likeness (QED) is 0.667. The summed E-state index contributed by atoms with van der Waals surface area (Å²) in [6.45, 7) is 1.28. The predicted molar refractivity (Wildman–Crippen MR) is 103 cm³/mol. The third-order valence-corrected chi connectivity index (χ3v) is 4.29. The largest absolute Gasteiger partial charge is 0.493 e. The lowest BCUT2D eigenvalue weighted by molar-refractivity contribution is 0.0954. The number of carbonyl (C=O) groups excluding carboxylic acids is 1. The van der Waals surface area contributed by atoms with Gasteiger partial charge in [-0.15, -0.1) is 0 Å². The van der Waals surface area contributed by atoms with Crippen molar-refractivity contribution in [1.29, 1.82) is 0 Å². The molecule has 0 aliphatic carbocycles. The fourth-order valence-electron chi connectivity index (χ4n) is 2.81. The van der Waals surface area contributed by atoms with Gasteiger partial charge < -0.3 is 19.4 Å². The van der Waals surface area contributed by atoms with Crippen LogP contribution >= 0.6 is 0 Å². The highest BCUT2D eigenvalue weighted by molar-refractivity contribution is 5.94. The minimum atomic E-state index is -0.0790. The molecule has 1 amide bonds. The number of ether oxygens (including phenoxy) is 2. The number of aromatic nitrogens is 2. The molecule has 6 heteroatoms. The first-order chi connectivity index (χ1) is 13.2. The topological polar surface area (TPSA) is 65.4 Å². The number of methoxy groups -OCH3 is 2. The average molecular weight is 365 g/mol. The Labute approximate surface area is 158 Å². The number of rotatable bonds is 8. The van der Waals surface area contributed by atoms with Crippen LogP contribution in [0.25, 0.3) is 0 Å². The maximum Gasteiger partial charge on any atom is 0.251 e. The van der Waals surface area contributed by atoms with Crippen LogP contribution in [0.5, 0.6) is 11.5 Å². The van der Waals surface area contributed by atoms with Crippen molar-refractivity contribution in [1.82, 2.24) is 14.9 Å². The number of hydrogen-bond donors (Lipinski definition) is 1. The lowest BCUT2D eigenvalue weighted by atomic mass is 10.1. The number of amides is 1. The molecule has 1 aromatic heterocycles. The molecule has 3 rings (SSSR count). The fourth-order valence-corrected chi connectivity index (χ4v) is 2.81. The molecule has 27 heavy (non-hydrogen) atoms. The number of nitrogens with zero attached hydrogens (tertiary/aromatic N) is 2. The third kappa shape index (κ3) is 4.88. The van der Waals surface area contributed by atoms with Gasteiger partial charge in [-0.3, -0.25) is 4.79 Å². The van der Waals surface area contributed by atoms with Crippen molar-refractivity contribution in [2.75, 3.05) is 20.8 Å². The molecule has 1 N–H and O–H groups in total. The predicted octanol–water partition coefficient (Wildman–Crippen LogP) is 2.92. The summed E-state index contributed by atoms with van der Waals surface area (Å²) < 4.78 is 12.5. The van der Waals surface area contributed by atoms with Gasteiger partial charge >= 0.3 is 0 Å².